The standard InChI is InChI=1S/C19H16N2O2/c22-13-16-17(12-11-14-7-3-1-4-8-14)20-19(23)21-18(16)15-9-5-2-6-10-15/h1-13,18H,(H2,20,21,23)/b12-11+. The lowest BCUT2D eigenvalue weighted by Gasteiger charge is -2.26. The quantitative estimate of drug-likeness (QED) is 0.852. The zero-order valence-electron chi connectivity index (χ0n) is 12.4. The van der Waals surface area contributed by atoms with Crippen molar-refractivity contribution in [2.75, 3.05) is 0 Å². The minimum atomic E-state index is -0.446. The SMILES string of the molecule is O=CC1=C(/C=C/c2ccccc2)NC(=O)NC1c1ccccc1. The lowest BCUT2D eigenvalue weighted by atomic mass is 9.96. The molecule has 1 heterocycles. The molecule has 0 fully saturated rings. The second kappa shape index (κ2) is 6.75. The number of benzene rings is 2. The Labute approximate surface area is 134 Å². The van der Waals surface area contributed by atoms with Crippen molar-refractivity contribution in [1.82, 2.24) is 10.6 Å². The van der Waals surface area contributed by atoms with E-state index in [4.69, 9.17) is 0 Å². The van der Waals surface area contributed by atoms with Crippen molar-refractivity contribution in [1.29, 1.82) is 0 Å². The van der Waals surface area contributed by atoms with E-state index in [2.05, 4.69) is 10.6 Å². The highest BCUT2D eigenvalue weighted by Gasteiger charge is 2.26. The summed E-state index contributed by atoms with van der Waals surface area (Å²) >= 11 is 0. The zero-order valence-corrected chi connectivity index (χ0v) is 12.4. The van der Waals surface area contributed by atoms with Gasteiger partial charge in [-0.2, -0.15) is 0 Å². The molecule has 1 aliphatic rings. The highest BCUT2D eigenvalue weighted by atomic mass is 16.2. The molecule has 1 atom stereocenters. The second-order valence-corrected chi connectivity index (χ2v) is 5.17. The van der Waals surface area contributed by atoms with E-state index in [9.17, 15) is 9.59 Å². The molecule has 0 spiro atoms. The first-order valence-electron chi connectivity index (χ1n) is 7.33. The van der Waals surface area contributed by atoms with Gasteiger partial charge in [0.1, 0.15) is 0 Å². The van der Waals surface area contributed by atoms with E-state index in [1.165, 1.54) is 0 Å². The topological polar surface area (TPSA) is 58.2 Å². The van der Waals surface area contributed by atoms with Crippen LogP contribution < -0.4 is 10.6 Å². The molecule has 0 aliphatic carbocycles. The van der Waals surface area contributed by atoms with Gasteiger partial charge in [-0.1, -0.05) is 66.7 Å². The number of amides is 2. The molecule has 2 N–H and O–H groups in total. The van der Waals surface area contributed by atoms with Gasteiger partial charge in [-0.25, -0.2) is 4.79 Å². The average molecular weight is 304 g/mol. The molecular weight excluding hydrogens is 288 g/mol. The molecule has 2 aromatic carbocycles. The van der Waals surface area contributed by atoms with E-state index < -0.39 is 6.04 Å². The number of carbonyl (C=O) groups excluding carboxylic acids is 2. The van der Waals surface area contributed by atoms with E-state index >= 15 is 0 Å². The molecule has 2 amide bonds. The Balaban J connectivity index is 1.98. The number of urea groups is 1. The number of hydrogen-bond donors (Lipinski definition) is 2. The van der Waals surface area contributed by atoms with Crippen molar-refractivity contribution in [2.45, 2.75) is 6.04 Å². The third-order valence-corrected chi connectivity index (χ3v) is 3.65. The van der Waals surface area contributed by atoms with E-state index in [-0.39, 0.29) is 6.03 Å². The van der Waals surface area contributed by atoms with Crippen LogP contribution in [0.2, 0.25) is 0 Å². The van der Waals surface area contributed by atoms with E-state index in [1.807, 2.05) is 66.7 Å². The van der Waals surface area contributed by atoms with Crippen LogP contribution in [0.5, 0.6) is 0 Å². The normalized spacial score (nSPS) is 17.7. The molecule has 4 heteroatoms. The Morgan fingerprint density at radius 3 is 2.17 bits per heavy atom. The maximum Gasteiger partial charge on any atom is 0.320 e. The number of carbonyl (C=O) groups is 2. The summed E-state index contributed by atoms with van der Waals surface area (Å²) in [6.07, 6.45) is 4.41. The van der Waals surface area contributed by atoms with Crippen LogP contribution in [-0.4, -0.2) is 12.3 Å². The van der Waals surface area contributed by atoms with Crippen molar-refractivity contribution in [3.8, 4) is 0 Å². The molecule has 0 saturated heterocycles. The summed E-state index contributed by atoms with van der Waals surface area (Å²) in [5.74, 6) is 0. The largest absolute Gasteiger partial charge is 0.327 e. The monoisotopic (exact) mass is 304 g/mol. The van der Waals surface area contributed by atoms with Crippen molar-refractivity contribution in [2.24, 2.45) is 0 Å². The first-order valence-corrected chi connectivity index (χ1v) is 7.33. The molecule has 0 saturated carbocycles. The smallest absolute Gasteiger partial charge is 0.320 e. The minimum absolute atomic E-state index is 0.322. The van der Waals surface area contributed by atoms with Gasteiger partial charge in [0.25, 0.3) is 0 Å². The number of allylic oxidation sites excluding steroid dienone is 1. The van der Waals surface area contributed by atoms with Crippen LogP contribution in [0.1, 0.15) is 17.2 Å². The van der Waals surface area contributed by atoms with Crippen LogP contribution in [0.4, 0.5) is 4.79 Å². The number of hydrogen-bond acceptors (Lipinski definition) is 2. The fourth-order valence-corrected chi connectivity index (χ4v) is 2.52. The number of rotatable bonds is 4. The van der Waals surface area contributed by atoms with E-state index in [0.717, 1.165) is 17.4 Å². The van der Waals surface area contributed by atoms with Gasteiger partial charge in [0.05, 0.1) is 11.7 Å². The zero-order chi connectivity index (χ0) is 16.1. The highest BCUT2D eigenvalue weighted by molar-refractivity contribution is 5.88. The third-order valence-electron chi connectivity index (χ3n) is 3.65. The predicted octanol–water partition coefficient (Wildman–Crippen LogP) is 3.21. The maximum atomic E-state index is 11.9. The molecule has 23 heavy (non-hydrogen) atoms. The Morgan fingerprint density at radius 1 is 0.870 bits per heavy atom. The van der Waals surface area contributed by atoms with E-state index in [1.54, 1.807) is 6.08 Å². The van der Waals surface area contributed by atoms with Crippen molar-refractivity contribution in [3.63, 3.8) is 0 Å². The Morgan fingerprint density at radius 2 is 1.52 bits per heavy atom. The predicted molar refractivity (Wildman–Crippen MR) is 89.4 cm³/mol. The van der Waals surface area contributed by atoms with Crippen molar-refractivity contribution >= 4 is 18.4 Å². The summed E-state index contributed by atoms with van der Waals surface area (Å²) < 4.78 is 0. The molecule has 1 aliphatic heterocycles. The van der Waals surface area contributed by atoms with Crippen LogP contribution in [0, 0.1) is 0 Å². The maximum absolute atomic E-state index is 11.9. The van der Waals surface area contributed by atoms with Gasteiger partial charge in [0.15, 0.2) is 6.29 Å². The third kappa shape index (κ3) is 3.37. The molecule has 3 rings (SSSR count). The summed E-state index contributed by atoms with van der Waals surface area (Å²) in [4.78, 5) is 23.5. The Kier molecular flexibility index (Phi) is 4.34. The molecule has 0 radical (unpaired) electrons. The minimum Gasteiger partial charge on any atom is -0.327 e. The molecule has 0 aromatic heterocycles. The molecule has 2 aromatic rings. The van der Waals surface area contributed by atoms with Gasteiger partial charge >= 0.3 is 6.03 Å². The fourth-order valence-electron chi connectivity index (χ4n) is 2.52. The van der Waals surface area contributed by atoms with Gasteiger partial charge in [0, 0.05) is 5.57 Å². The average Bonchev–Trinajstić information content (AvgIpc) is 2.61. The van der Waals surface area contributed by atoms with Crippen LogP contribution in [0.25, 0.3) is 6.08 Å². The molecular formula is C19H16N2O2. The van der Waals surface area contributed by atoms with Gasteiger partial charge in [0.2, 0.25) is 0 Å². The van der Waals surface area contributed by atoms with Crippen molar-refractivity contribution < 1.29 is 9.59 Å². The van der Waals surface area contributed by atoms with Gasteiger partial charge in [-0.15, -0.1) is 0 Å². The van der Waals surface area contributed by atoms with Gasteiger partial charge in [-0.05, 0) is 17.2 Å². The van der Waals surface area contributed by atoms with Crippen LogP contribution >= 0.6 is 0 Å². The Hall–Kier alpha value is -3.14. The summed E-state index contributed by atoms with van der Waals surface area (Å²) in [5, 5.41) is 5.49. The second-order valence-electron chi connectivity index (χ2n) is 5.17. The molecule has 4 nitrogen and oxygen atoms in total. The van der Waals surface area contributed by atoms with Crippen LogP contribution in [-0.2, 0) is 4.79 Å². The van der Waals surface area contributed by atoms with Crippen molar-refractivity contribution in [3.05, 3.63) is 89.1 Å². The first kappa shape index (κ1) is 14.8. The molecule has 0 bridgehead atoms. The van der Waals surface area contributed by atoms with E-state index in [0.29, 0.717) is 11.3 Å². The van der Waals surface area contributed by atoms with Crippen LogP contribution in [0.3, 0.4) is 0 Å². The lowest BCUT2D eigenvalue weighted by Crippen LogP contribution is -2.44. The first-order chi connectivity index (χ1) is 11.3. The fraction of sp³-hybridized carbons (Fsp3) is 0.0526. The number of nitrogens with one attached hydrogen (secondary N) is 2. The van der Waals surface area contributed by atoms with Gasteiger partial charge in [-0.3, -0.25) is 4.79 Å². The van der Waals surface area contributed by atoms with Crippen LogP contribution in [0.15, 0.2) is 78.0 Å². The van der Waals surface area contributed by atoms with Gasteiger partial charge < -0.3 is 10.6 Å². The summed E-state index contributed by atoms with van der Waals surface area (Å²) in [6.45, 7) is 0. The number of aldehydes is 1. The highest BCUT2D eigenvalue weighted by Crippen LogP contribution is 2.25. The summed E-state index contributed by atoms with van der Waals surface area (Å²) in [7, 11) is 0. The lowest BCUT2D eigenvalue weighted by molar-refractivity contribution is -0.105. The Bertz CT molecular complexity index is 764. The summed E-state index contributed by atoms with van der Waals surface area (Å²) in [6, 6.07) is 18.4. The molecule has 1 unspecified atom stereocenters. The summed E-state index contributed by atoms with van der Waals surface area (Å²) in [5.41, 5.74) is 2.88. The molecule has 114 valence electrons.